The highest BCUT2D eigenvalue weighted by Crippen LogP contribution is 2.21. The molecule has 0 radical (unpaired) electrons. The van der Waals surface area contributed by atoms with Gasteiger partial charge >= 0.3 is 0 Å². The Morgan fingerprint density at radius 3 is 3.12 bits per heavy atom. The molecule has 0 saturated carbocycles. The van der Waals surface area contributed by atoms with Crippen molar-refractivity contribution in [2.75, 3.05) is 19.6 Å². The molecule has 1 atom stereocenters. The lowest BCUT2D eigenvalue weighted by Crippen LogP contribution is -2.30. The topological polar surface area (TPSA) is 59.2 Å². The average Bonchev–Trinajstić information content (AvgIpc) is 2.77. The van der Waals surface area contributed by atoms with Gasteiger partial charge in [-0.15, -0.1) is 0 Å². The molecule has 1 aliphatic heterocycles. The summed E-state index contributed by atoms with van der Waals surface area (Å²) < 4.78 is 0. The first kappa shape index (κ1) is 11.4. The highest BCUT2D eigenvalue weighted by Gasteiger charge is 2.26. The van der Waals surface area contributed by atoms with Crippen LogP contribution in [-0.2, 0) is 0 Å². The van der Waals surface area contributed by atoms with Gasteiger partial charge < -0.3 is 10.6 Å². The molecule has 4 nitrogen and oxygen atoms in total. The number of pyridine rings is 1. The second-order valence-corrected chi connectivity index (χ2v) is 4.40. The standard InChI is InChI=1S/C11H14ClN3O/c12-10-6-14-3-1-9(10)11(16)15-4-2-8(5-13)7-15/h1,3,6,8H,2,4-5,7,13H2. The van der Waals surface area contributed by atoms with E-state index in [1.54, 1.807) is 17.2 Å². The maximum Gasteiger partial charge on any atom is 0.255 e. The van der Waals surface area contributed by atoms with E-state index in [0.29, 0.717) is 23.0 Å². The maximum atomic E-state index is 12.1. The number of rotatable bonds is 2. The summed E-state index contributed by atoms with van der Waals surface area (Å²) in [6.45, 7) is 2.13. The molecule has 1 aliphatic rings. The fraction of sp³-hybridized carbons (Fsp3) is 0.455. The molecule has 1 unspecified atom stereocenters. The van der Waals surface area contributed by atoms with Crippen molar-refractivity contribution in [3.05, 3.63) is 29.0 Å². The summed E-state index contributed by atoms with van der Waals surface area (Å²) in [6.07, 6.45) is 4.05. The van der Waals surface area contributed by atoms with E-state index in [2.05, 4.69) is 4.98 Å². The predicted molar refractivity (Wildman–Crippen MR) is 62.3 cm³/mol. The van der Waals surface area contributed by atoms with E-state index in [9.17, 15) is 4.79 Å². The first-order chi connectivity index (χ1) is 7.72. The summed E-state index contributed by atoms with van der Waals surface area (Å²) in [7, 11) is 0. The quantitative estimate of drug-likeness (QED) is 0.843. The van der Waals surface area contributed by atoms with E-state index < -0.39 is 0 Å². The van der Waals surface area contributed by atoms with E-state index in [1.165, 1.54) is 6.20 Å². The molecule has 1 amide bonds. The van der Waals surface area contributed by atoms with Crippen LogP contribution >= 0.6 is 11.6 Å². The van der Waals surface area contributed by atoms with Crippen LogP contribution in [0.1, 0.15) is 16.8 Å². The fourth-order valence-electron chi connectivity index (χ4n) is 1.93. The zero-order valence-electron chi connectivity index (χ0n) is 8.90. The van der Waals surface area contributed by atoms with Crippen molar-refractivity contribution >= 4 is 17.5 Å². The van der Waals surface area contributed by atoms with Gasteiger partial charge in [0.1, 0.15) is 0 Å². The number of carbonyl (C=O) groups excluding carboxylic acids is 1. The summed E-state index contributed by atoms with van der Waals surface area (Å²) in [6, 6.07) is 1.65. The molecule has 86 valence electrons. The van der Waals surface area contributed by atoms with Crippen molar-refractivity contribution in [1.82, 2.24) is 9.88 Å². The minimum Gasteiger partial charge on any atom is -0.338 e. The molecule has 0 aliphatic carbocycles. The molecular formula is C11H14ClN3O. The number of nitrogens with two attached hydrogens (primary N) is 1. The normalized spacial score (nSPS) is 20.1. The van der Waals surface area contributed by atoms with Gasteiger partial charge in [-0.3, -0.25) is 9.78 Å². The third-order valence-corrected chi connectivity index (χ3v) is 3.21. The summed E-state index contributed by atoms with van der Waals surface area (Å²) in [4.78, 5) is 17.8. The Hall–Kier alpha value is -1.13. The monoisotopic (exact) mass is 239 g/mol. The molecule has 1 saturated heterocycles. The number of hydrogen-bond donors (Lipinski definition) is 1. The van der Waals surface area contributed by atoms with Crippen molar-refractivity contribution in [1.29, 1.82) is 0 Å². The van der Waals surface area contributed by atoms with Crippen LogP contribution < -0.4 is 5.73 Å². The molecule has 5 heteroatoms. The molecule has 1 aromatic rings. The van der Waals surface area contributed by atoms with E-state index >= 15 is 0 Å². The molecule has 1 fully saturated rings. The zero-order valence-corrected chi connectivity index (χ0v) is 9.65. The van der Waals surface area contributed by atoms with Crippen LogP contribution in [0.3, 0.4) is 0 Å². The number of aromatic nitrogens is 1. The third-order valence-electron chi connectivity index (χ3n) is 2.91. The predicted octanol–water partition coefficient (Wildman–Crippen LogP) is 1.16. The van der Waals surface area contributed by atoms with Crippen molar-refractivity contribution in [3.63, 3.8) is 0 Å². The smallest absolute Gasteiger partial charge is 0.255 e. The molecule has 0 aromatic carbocycles. The number of hydrogen-bond acceptors (Lipinski definition) is 3. The average molecular weight is 240 g/mol. The number of carbonyl (C=O) groups is 1. The van der Waals surface area contributed by atoms with Crippen molar-refractivity contribution < 1.29 is 4.79 Å². The molecule has 2 rings (SSSR count). The highest BCUT2D eigenvalue weighted by molar-refractivity contribution is 6.33. The SMILES string of the molecule is NCC1CCN(C(=O)c2ccncc2Cl)C1. The van der Waals surface area contributed by atoms with Gasteiger partial charge in [0.2, 0.25) is 0 Å². The van der Waals surface area contributed by atoms with Gasteiger partial charge in [-0.1, -0.05) is 11.6 Å². The van der Waals surface area contributed by atoms with Crippen LogP contribution in [0.5, 0.6) is 0 Å². The second-order valence-electron chi connectivity index (χ2n) is 4.00. The van der Waals surface area contributed by atoms with Gasteiger partial charge in [0, 0.05) is 25.5 Å². The first-order valence-electron chi connectivity index (χ1n) is 5.31. The van der Waals surface area contributed by atoms with Crippen molar-refractivity contribution in [2.24, 2.45) is 11.7 Å². The van der Waals surface area contributed by atoms with E-state index in [0.717, 1.165) is 19.5 Å². The van der Waals surface area contributed by atoms with Crippen LogP contribution in [-0.4, -0.2) is 35.4 Å². The molecule has 1 aromatic heterocycles. The zero-order chi connectivity index (χ0) is 11.5. The second kappa shape index (κ2) is 4.80. The highest BCUT2D eigenvalue weighted by atomic mass is 35.5. The Morgan fingerprint density at radius 1 is 1.69 bits per heavy atom. The van der Waals surface area contributed by atoms with Gasteiger partial charge in [0.05, 0.1) is 10.6 Å². The molecule has 2 heterocycles. The van der Waals surface area contributed by atoms with Crippen LogP contribution in [0.15, 0.2) is 18.5 Å². The minimum absolute atomic E-state index is 0.0247. The lowest BCUT2D eigenvalue weighted by Gasteiger charge is -2.16. The summed E-state index contributed by atoms with van der Waals surface area (Å²) in [5, 5.41) is 0.406. The van der Waals surface area contributed by atoms with Crippen molar-refractivity contribution in [2.45, 2.75) is 6.42 Å². The van der Waals surface area contributed by atoms with E-state index in [4.69, 9.17) is 17.3 Å². The van der Waals surface area contributed by atoms with Crippen LogP contribution in [0.2, 0.25) is 5.02 Å². The molecule has 0 spiro atoms. The van der Waals surface area contributed by atoms with Crippen LogP contribution in [0.4, 0.5) is 0 Å². The van der Waals surface area contributed by atoms with Gasteiger partial charge in [0.15, 0.2) is 0 Å². The van der Waals surface area contributed by atoms with Crippen LogP contribution in [0.25, 0.3) is 0 Å². The van der Waals surface area contributed by atoms with E-state index in [-0.39, 0.29) is 5.91 Å². The first-order valence-corrected chi connectivity index (χ1v) is 5.69. The number of likely N-dealkylation sites (tertiary alicyclic amines) is 1. The summed E-state index contributed by atoms with van der Waals surface area (Å²) in [5.41, 5.74) is 6.11. The Morgan fingerprint density at radius 2 is 2.50 bits per heavy atom. The van der Waals surface area contributed by atoms with Gasteiger partial charge in [0.25, 0.3) is 5.91 Å². The lowest BCUT2D eigenvalue weighted by molar-refractivity contribution is 0.0787. The minimum atomic E-state index is -0.0247. The number of halogens is 1. The largest absolute Gasteiger partial charge is 0.338 e. The molecule has 2 N–H and O–H groups in total. The molecular weight excluding hydrogens is 226 g/mol. The van der Waals surface area contributed by atoms with Gasteiger partial charge in [-0.2, -0.15) is 0 Å². The molecule has 16 heavy (non-hydrogen) atoms. The number of nitrogens with zero attached hydrogens (tertiary/aromatic N) is 2. The Bertz CT molecular complexity index is 397. The maximum absolute atomic E-state index is 12.1. The van der Waals surface area contributed by atoms with E-state index in [1.807, 2.05) is 0 Å². The fourth-order valence-corrected chi connectivity index (χ4v) is 2.13. The Kier molecular flexibility index (Phi) is 3.41. The molecule has 0 bridgehead atoms. The number of amides is 1. The van der Waals surface area contributed by atoms with Crippen LogP contribution in [0, 0.1) is 5.92 Å². The third kappa shape index (κ3) is 2.18. The van der Waals surface area contributed by atoms with Gasteiger partial charge in [-0.25, -0.2) is 0 Å². The summed E-state index contributed by atoms with van der Waals surface area (Å²) in [5.74, 6) is 0.396. The Labute approximate surface area is 99.4 Å². The van der Waals surface area contributed by atoms with Gasteiger partial charge in [-0.05, 0) is 24.9 Å². The van der Waals surface area contributed by atoms with Crippen molar-refractivity contribution in [3.8, 4) is 0 Å². The summed E-state index contributed by atoms with van der Waals surface area (Å²) >= 11 is 5.93. The lowest BCUT2D eigenvalue weighted by atomic mass is 10.1. The Balaban J connectivity index is 2.12.